The predicted octanol–water partition coefficient (Wildman–Crippen LogP) is 3.95. The lowest BCUT2D eigenvalue weighted by molar-refractivity contribution is -0.0796. The maximum atomic E-state index is 14.3. The van der Waals surface area contributed by atoms with Crippen molar-refractivity contribution in [3.63, 3.8) is 0 Å². The fraction of sp³-hybridized carbons (Fsp3) is 0.250. The van der Waals surface area contributed by atoms with E-state index in [1.54, 1.807) is 43.5 Å². The first-order chi connectivity index (χ1) is 10.9. The van der Waals surface area contributed by atoms with Crippen molar-refractivity contribution in [1.29, 1.82) is 0 Å². The van der Waals surface area contributed by atoms with E-state index in [9.17, 15) is 4.39 Å². The van der Waals surface area contributed by atoms with Gasteiger partial charge in [-0.05, 0) is 42.8 Å². The van der Waals surface area contributed by atoms with Crippen molar-refractivity contribution in [2.75, 3.05) is 6.61 Å². The highest BCUT2D eigenvalue weighted by molar-refractivity contribution is 6.35. The number of hydrogen-bond donors (Lipinski definition) is 1. The third-order valence-electron chi connectivity index (χ3n) is 3.70. The number of halogens is 3. The van der Waals surface area contributed by atoms with Crippen LogP contribution in [0.1, 0.15) is 12.5 Å². The molecule has 3 rings (SSSR count). The molecule has 0 bridgehead atoms. The van der Waals surface area contributed by atoms with Crippen molar-refractivity contribution in [3.05, 3.63) is 52.1 Å². The minimum atomic E-state index is -1.59. The van der Waals surface area contributed by atoms with Crippen LogP contribution >= 0.6 is 23.2 Å². The van der Waals surface area contributed by atoms with Gasteiger partial charge in [0.05, 0.1) is 5.69 Å². The molecule has 1 aliphatic rings. The fourth-order valence-corrected chi connectivity index (χ4v) is 3.03. The molecule has 0 saturated carbocycles. The number of aliphatic imine (C=N–C) groups is 1. The molecule has 4 nitrogen and oxygen atoms in total. The zero-order valence-corrected chi connectivity index (χ0v) is 13.8. The van der Waals surface area contributed by atoms with Crippen LogP contribution in [0.15, 0.2) is 41.5 Å². The molecule has 0 amide bonds. The molecule has 0 radical (unpaired) electrons. The van der Waals surface area contributed by atoms with Gasteiger partial charge >= 0.3 is 0 Å². The Labute approximate surface area is 143 Å². The molecule has 23 heavy (non-hydrogen) atoms. The van der Waals surface area contributed by atoms with Crippen LogP contribution < -0.4 is 5.73 Å². The maximum Gasteiger partial charge on any atom is 0.228 e. The number of rotatable bonds is 2. The van der Waals surface area contributed by atoms with Gasteiger partial charge in [-0.3, -0.25) is 9.98 Å². The van der Waals surface area contributed by atoms with Crippen LogP contribution in [0.5, 0.6) is 0 Å². The van der Waals surface area contributed by atoms with Gasteiger partial charge in [0.2, 0.25) is 6.36 Å². The van der Waals surface area contributed by atoms with E-state index in [-0.39, 0.29) is 12.4 Å². The van der Waals surface area contributed by atoms with Crippen LogP contribution in [0.4, 0.5) is 4.39 Å². The minimum Gasteiger partial charge on any atom is -0.385 e. The smallest absolute Gasteiger partial charge is 0.228 e. The Hall–Kier alpha value is -1.69. The summed E-state index contributed by atoms with van der Waals surface area (Å²) in [6, 6.07) is 8.54. The zero-order valence-electron chi connectivity index (χ0n) is 12.3. The van der Waals surface area contributed by atoms with E-state index in [0.717, 1.165) is 5.56 Å². The Bertz CT molecular complexity index is 763. The summed E-state index contributed by atoms with van der Waals surface area (Å²) in [7, 11) is 0. The topological polar surface area (TPSA) is 60.5 Å². The third kappa shape index (κ3) is 3.17. The highest BCUT2D eigenvalue weighted by atomic mass is 35.5. The van der Waals surface area contributed by atoms with Crippen molar-refractivity contribution in [2.24, 2.45) is 10.7 Å². The van der Waals surface area contributed by atoms with Crippen molar-refractivity contribution < 1.29 is 9.13 Å². The standard InChI is InChI=1S/C16H14Cl2FN3O/c1-16(15(19)23-8-14(20)22-16)10-2-3-21-13(6-10)9-4-11(17)7-12(18)5-9/h2-7,15H,8H2,1H3,(H2,20,22)/t15-,16+/m0/s1. The Kier molecular flexibility index (Phi) is 4.27. The highest BCUT2D eigenvalue weighted by Gasteiger charge is 2.40. The molecule has 7 heteroatoms. The third-order valence-corrected chi connectivity index (χ3v) is 4.13. The van der Waals surface area contributed by atoms with E-state index < -0.39 is 11.9 Å². The van der Waals surface area contributed by atoms with Gasteiger partial charge in [-0.25, -0.2) is 4.39 Å². The molecular weight excluding hydrogens is 340 g/mol. The highest BCUT2D eigenvalue weighted by Crippen LogP contribution is 2.36. The average molecular weight is 354 g/mol. The number of nitrogens with zero attached hydrogens (tertiary/aromatic N) is 2. The molecule has 2 heterocycles. The molecule has 2 atom stereocenters. The molecule has 0 saturated heterocycles. The molecule has 1 aromatic carbocycles. The Morgan fingerprint density at radius 2 is 1.96 bits per heavy atom. The largest absolute Gasteiger partial charge is 0.385 e. The molecule has 2 N–H and O–H groups in total. The van der Waals surface area contributed by atoms with Crippen LogP contribution in [-0.4, -0.2) is 23.8 Å². The quantitative estimate of drug-likeness (QED) is 0.888. The summed E-state index contributed by atoms with van der Waals surface area (Å²) in [6.07, 6.45) is -0.00870. The first-order valence-corrected chi connectivity index (χ1v) is 7.67. The molecule has 0 fully saturated rings. The lowest BCUT2D eigenvalue weighted by Crippen LogP contribution is -2.43. The van der Waals surface area contributed by atoms with E-state index in [1.807, 2.05) is 0 Å². The van der Waals surface area contributed by atoms with Crippen molar-refractivity contribution in [3.8, 4) is 11.3 Å². The van der Waals surface area contributed by atoms with Crippen LogP contribution in [0.2, 0.25) is 10.0 Å². The van der Waals surface area contributed by atoms with E-state index in [1.165, 1.54) is 0 Å². The normalized spacial score (nSPS) is 24.3. The average Bonchev–Trinajstić information content (AvgIpc) is 2.50. The van der Waals surface area contributed by atoms with E-state index in [2.05, 4.69) is 9.98 Å². The van der Waals surface area contributed by atoms with Crippen LogP contribution in [0.3, 0.4) is 0 Å². The van der Waals surface area contributed by atoms with E-state index in [4.69, 9.17) is 33.7 Å². The predicted molar refractivity (Wildman–Crippen MR) is 89.5 cm³/mol. The Morgan fingerprint density at radius 3 is 2.65 bits per heavy atom. The number of hydrogen-bond acceptors (Lipinski definition) is 4. The lowest BCUT2D eigenvalue weighted by Gasteiger charge is -2.33. The SMILES string of the molecule is C[C@]1(c2ccnc(-c3cc(Cl)cc(Cl)c3)c2)N=C(N)CO[C@@H]1F. The molecule has 120 valence electrons. The lowest BCUT2D eigenvalue weighted by atomic mass is 9.91. The number of amidine groups is 1. The number of ether oxygens (including phenoxy) is 1. The van der Waals surface area contributed by atoms with Crippen molar-refractivity contribution in [1.82, 2.24) is 4.98 Å². The summed E-state index contributed by atoms with van der Waals surface area (Å²) in [5.74, 6) is 0.255. The van der Waals surface area contributed by atoms with Crippen LogP contribution in [0, 0.1) is 0 Å². The van der Waals surface area contributed by atoms with Gasteiger partial charge in [0, 0.05) is 21.8 Å². The molecule has 0 aliphatic carbocycles. The summed E-state index contributed by atoms with van der Waals surface area (Å²) in [6.45, 7) is 1.62. The first-order valence-electron chi connectivity index (χ1n) is 6.91. The monoisotopic (exact) mass is 353 g/mol. The molecule has 2 aromatic rings. The molecule has 1 aromatic heterocycles. The number of nitrogens with two attached hydrogens (primary N) is 1. The number of aromatic nitrogens is 1. The second kappa shape index (κ2) is 6.07. The molecular formula is C16H14Cl2FN3O. The van der Waals surface area contributed by atoms with Crippen LogP contribution in [0.25, 0.3) is 11.3 Å². The first kappa shape index (κ1) is 16.2. The van der Waals surface area contributed by atoms with E-state index in [0.29, 0.717) is 21.3 Å². The molecule has 0 unspecified atom stereocenters. The summed E-state index contributed by atoms with van der Waals surface area (Å²) < 4.78 is 19.4. The Balaban J connectivity index is 2.08. The van der Waals surface area contributed by atoms with Crippen molar-refractivity contribution >= 4 is 29.0 Å². The zero-order chi connectivity index (χ0) is 16.6. The maximum absolute atomic E-state index is 14.3. The number of benzene rings is 1. The summed E-state index contributed by atoms with van der Waals surface area (Å²) in [4.78, 5) is 8.55. The van der Waals surface area contributed by atoms with Crippen LogP contribution in [-0.2, 0) is 10.3 Å². The number of pyridine rings is 1. The summed E-state index contributed by atoms with van der Waals surface area (Å²) >= 11 is 12.1. The Morgan fingerprint density at radius 1 is 1.26 bits per heavy atom. The second-order valence-corrected chi connectivity index (χ2v) is 6.34. The van der Waals surface area contributed by atoms with Crippen molar-refractivity contribution in [2.45, 2.75) is 18.8 Å². The van der Waals surface area contributed by atoms with Gasteiger partial charge in [0.15, 0.2) is 0 Å². The fourth-order valence-electron chi connectivity index (χ4n) is 2.50. The van der Waals surface area contributed by atoms with Gasteiger partial charge in [0.25, 0.3) is 0 Å². The minimum absolute atomic E-state index is 0.0153. The van der Waals surface area contributed by atoms with Gasteiger partial charge in [-0.1, -0.05) is 23.2 Å². The second-order valence-electron chi connectivity index (χ2n) is 5.47. The molecule has 0 spiro atoms. The number of alkyl halides is 1. The van der Waals surface area contributed by atoms with Gasteiger partial charge in [0.1, 0.15) is 18.0 Å². The van der Waals surface area contributed by atoms with Gasteiger partial charge in [-0.2, -0.15) is 0 Å². The van der Waals surface area contributed by atoms with Gasteiger partial charge in [-0.15, -0.1) is 0 Å². The van der Waals surface area contributed by atoms with E-state index >= 15 is 0 Å². The summed E-state index contributed by atoms with van der Waals surface area (Å²) in [5.41, 5.74) is 6.44. The van der Waals surface area contributed by atoms with Gasteiger partial charge < -0.3 is 10.5 Å². The molecule has 1 aliphatic heterocycles. The summed E-state index contributed by atoms with van der Waals surface area (Å²) in [5, 5.41) is 0.995.